The van der Waals surface area contributed by atoms with Gasteiger partial charge in [0.1, 0.15) is 5.76 Å². The zero-order chi connectivity index (χ0) is 14.5. The van der Waals surface area contributed by atoms with E-state index in [0.717, 1.165) is 10.1 Å². The molecule has 2 N–H and O–H groups in total. The normalized spacial score (nSPS) is 10.7. The van der Waals surface area contributed by atoms with Crippen LogP contribution in [0.15, 0.2) is 45.5 Å². The number of anilines is 1. The topological polar surface area (TPSA) is 83.8 Å². The molecule has 0 amide bonds. The fraction of sp³-hybridized carbons (Fsp3) is 0.154. The van der Waals surface area contributed by atoms with Crippen molar-refractivity contribution in [2.45, 2.75) is 10.9 Å². The highest BCUT2D eigenvalue weighted by Crippen LogP contribution is 2.26. The van der Waals surface area contributed by atoms with Crippen molar-refractivity contribution in [3.05, 3.63) is 48.2 Å². The van der Waals surface area contributed by atoms with Gasteiger partial charge < -0.3 is 14.7 Å². The van der Waals surface area contributed by atoms with Crippen molar-refractivity contribution in [3.8, 4) is 0 Å². The Morgan fingerprint density at radius 3 is 3.10 bits per heavy atom. The van der Waals surface area contributed by atoms with E-state index in [-0.39, 0.29) is 5.78 Å². The lowest BCUT2D eigenvalue weighted by Gasteiger charge is -1.97. The van der Waals surface area contributed by atoms with E-state index in [4.69, 9.17) is 4.42 Å². The standard InChI is InChI=1S/C13H12N4O2S2/c18-11(10-4-1-5-14-10)8-20-13-17-16-12(21-13)15-7-9-3-2-6-19-9/h1-6,14H,7-8H2,(H,15,16). The zero-order valence-corrected chi connectivity index (χ0v) is 12.5. The van der Waals surface area contributed by atoms with Gasteiger partial charge in [0, 0.05) is 6.20 Å². The summed E-state index contributed by atoms with van der Waals surface area (Å²) in [6.07, 6.45) is 3.37. The van der Waals surface area contributed by atoms with Gasteiger partial charge in [-0.15, -0.1) is 10.2 Å². The second kappa shape index (κ2) is 6.59. The molecule has 0 aliphatic heterocycles. The highest BCUT2D eigenvalue weighted by molar-refractivity contribution is 8.01. The van der Waals surface area contributed by atoms with E-state index in [1.807, 2.05) is 12.1 Å². The van der Waals surface area contributed by atoms with Gasteiger partial charge in [-0.3, -0.25) is 4.79 Å². The average molecular weight is 320 g/mol. The molecular weight excluding hydrogens is 308 g/mol. The van der Waals surface area contributed by atoms with Gasteiger partial charge in [0.15, 0.2) is 10.1 Å². The van der Waals surface area contributed by atoms with Crippen molar-refractivity contribution >= 4 is 34.0 Å². The van der Waals surface area contributed by atoms with Crippen LogP contribution in [0.2, 0.25) is 0 Å². The Hall–Kier alpha value is -2.06. The molecule has 0 radical (unpaired) electrons. The third-order valence-corrected chi connectivity index (χ3v) is 4.64. The summed E-state index contributed by atoms with van der Waals surface area (Å²) in [7, 11) is 0. The van der Waals surface area contributed by atoms with Crippen LogP contribution in [0, 0.1) is 0 Å². The van der Waals surface area contributed by atoms with Crippen molar-refractivity contribution in [1.82, 2.24) is 15.2 Å². The van der Waals surface area contributed by atoms with Gasteiger partial charge in [0.25, 0.3) is 0 Å². The van der Waals surface area contributed by atoms with E-state index in [1.54, 1.807) is 24.6 Å². The number of aromatic amines is 1. The molecule has 0 aliphatic carbocycles. The number of aromatic nitrogens is 3. The molecule has 0 unspecified atom stereocenters. The van der Waals surface area contributed by atoms with Crippen molar-refractivity contribution in [2.75, 3.05) is 11.1 Å². The summed E-state index contributed by atoms with van der Waals surface area (Å²) in [6, 6.07) is 7.29. The minimum atomic E-state index is 0.0466. The first kappa shape index (κ1) is 13.9. The van der Waals surface area contributed by atoms with Crippen LogP contribution in [0.5, 0.6) is 0 Å². The highest BCUT2D eigenvalue weighted by Gasteiger charge is 2.10. The van der Waals surface area contributed by atoms with Crippen LogP contribution in [0.4, 0.5) is 5.13 Å². The Labute approximate surface area is 129 Å². The molecule has 0 atom stereocenters. The highest BCUT2D eigenvalue weighted by atomic mass is 32.2. The monoisotopic (exact) mass is 320 g/mol. The zero-order valence-electron chi connectivity index (χ0n) is 10.9. The molecule has 0 aliphatic rings. The van der Waals surface area contributed by atoms with Crippen LogP contribution < -0.4 is 5.32 Å². The number of nitrogens with one attached hydrogen (secondary N) is 2. The van der Waals surface area contributed by atoms with Gasteiger partial charge in [-0.05, 0) is 24.3 Å². The molecule has 3 heterocycles. The lowest BCUT2D eigenvalue weighted by molar-refractivity contribution is 0.101. The first-order valence-electron chi connectivity index (χ1n) is 6.20. The van der Waals surface area contributed by atoms with E-state index in [2.05, 4.69) is 20.5 Å². The van der Waals surface area contributed by atoms with E-state index < -0.39 is 0 Å². The maximum Gasteiger partial charge on any atom is 0.206 e. The second-order valence-corrected chi connectivity index (χ2v) is 6.30. The van der Waals surface area contributed by atoms with Crippen molar-refractivity contribution in [2.24, 2.45) is 0 Å². The first-order chi connectivity index (χ1) is 10.3. The Morgan fingerprint density at radius 1 is 1.38 bits per heavy atom. The van der Waals surface area contributed by atoms with Gasteiger partial charge in [-0.25, -0.2) is 0 Å². The molecule has 3 aromatic rings. The van der Waals surface area contributed by atoms with Gasteiger partial charge in [0.05, 0.1) is 24.3 Å². The lowest BCUT2D eigenvalue weighted by Crippen LogP contribution is -2.02. The van der Waals surface area contributed by atoms with Gasteiger partial charge in [0.2, 0.25) is 5.13 Å². The Bertz CT molecular complexity index is 692. The Balaban J connectivity index is 1.49. The van der Waals surface area contributed by atoms with E-state index in [1.165, 1.54) is 23.1 Å². The molecule has 0 spiro atoms. The predicted molar refractivity (Wildman–Crippen MR) is 81.8 cm³/mol. The van der Waals surface area contributed by atoms with E-state index in [9.17, 15) is 4.79 Å². The van der Waals surface area contributed by atoms with Gasteiger partial charge in [-0.1, -0.05) is 23.1 Å². The number of H-pyrrole nitrogens is 1. The Morgan fingerprint density at radius 2 is 2.33 bits per heavy atom. The van der Waals surface area contributed by atoms with Crippen LogP contribution in [0.3, 0.4) is 0 Å². The average Bonchev–Trinajstić information content (AvgIpc) is 3.24. The summed E-state index contributed by atoms with van der Waals surface area (Å²) in [5.41, 5.74) is 0.614. The van der Waals surface area contributed by atoms with Crippen molar-refractivity contribution in [3.63, 3.8) is 0 Å². The van der Waals surface area contributed by atoms with Crippen LogP contribution in [-0.2, 0) is 6.54 Å². The van der Waals surface area contributed by atoms with Crippen LogP contribution >= 0.6 is 23.1 Å². The van der Waals surface area contributed by atoms with Gasteiger partial charge >= 0.3 is 0 Å². The van der Waals surface area contributed by atoms with Crippen LogP contribution in [0.25, 0.3) is 0 Å². The van der Waals surface area contributed by atoms with Crippen molar-refractivity contribution < 1.29 is 9.21 Å². The van der Waals surface area contributed by atoms with E-state index in [0.29, 0.717) is 23.1 Å². The molecule has 0 saturated heterocycles. The number of ketones is 1. The van der Waals surface area contributed by atoms with Crippen LogP contribution in [-0.4, -0.2) is 26.7 Å². The number of rotatable bonds is 7. The number of carbonyl (C=O) groups is 1. The fourth-order valence-electron chi connectivity index (χ4n) is 1.62. The van der Waals surface area contributed by atoms with Crippen molar-refractivity contribution in [1.29, 1.82) is 0 Å². The lowest BCUT2D eigenvalue weighted by atomic mass is 10.3. The molecule has 21 heavy (non-hydrogen) atoms. The summed E-state index contributed by atoms with van der Waals surface area (Å²) in [5, 5.41) is 11.9. The number of carbonyl (C=O) groups excluding carboxylic acids is 1. The summed E-state index contributed by atoms with van der Waals surface area (Å²) in [6.45, 7) is 0.563. The smallest absolute Gasteiger partial charge is 0.206 e. The third kappa shape index (κ3) is 3.73. The maximum absolute atomic E-state index is 11.8. The maximum atomic E-state index is 11.8. The minimum Gasteiger partial charge on any atom is -0.467 e. The molecule has 3 rings (SSSR count). The first-order valence-corrected chi connectivity index (χ1v) is 8.00. The summed E-state index contributed by atoms with van der Waals surface area (Å²) in [5.74, 6) is 1.22. The number of thioether (sulfide) groups is 1. The molecule has 3 aromatic heterocycles. The number of furan rings is 1. The summed E-state index contributed by atoms with van der Waals surface area (Å²) in [4.78, 5) is 14.7. The molecule has 0 bridgehead atoms. The Kier molecular flexibility index (Phi) is 4.37. The minimum absolute atomic E-state index is 0.0466. The molecular formula is C13H12N4O2S2. The van der Waals surface area contributed by atoms with Crippen LogP contribution in [0.1, 0.15) is 16.2 Å². The number of Topliss-reactive ketones (excluding diaryl/α,β-unsaturated/α-hetero) is 1. The largest absolute Gasteiger partial charge is 0.467 e. The summed E-state index contributed by atoms with van der Waals surface area (Å²) >= 11 is 2.80. The number of hydrogen-bond acceptors (Lipinski definition) is 7. The second-order valence-electron chi connectivity index (χ2n) is 4.10. The predicted octanol–water partition coefficient (Wildman–Crippen LogP) is 3.05. The molecule has 6 nitrogen and oxygen atoms in total. The quantitative estimate of drug-likeness (QED) is 0.514. The summed E-state index contributed by atoms with van der Waals surface area (Å²) < 4.78 is 5.98. The van der Waals surface area contributed by atoms with E-state index >= 15 is 0 Å². The van der Waals surface area contributed by atoms with Gasteiger partial charge in [-0.2, -0.15) is 0 Å². The molecule has 8 heteroatoms. The third-order valence-electron chi connectivity index (χ3n) is 2.63. The number of hydrogen-bond donors (Lipinski definition) is 2. The fourth-order valence-corrected chi connectivity index (χ4v) is 3.26. The molecule has 0 aromatic carbocycles. The molecule has 0 saturated carbocycles. The SMILES string of the molecule is O=C(CSc1nnc(NCc2ccco2)s1)c1ccc[nH]1. The molecule has 0 fully saturated rings. The molecule has 108 valence electrons. The number of nitrogens with zero attached hydrogens (tertiary/aromatic N) is 2.